The van der Waals surface area contributed by atoms with E-state index in [1.54, 1.807) is 0 Å². The van der Waals surface area contributed by atoms with Crippen molar-refractivity contribution < 1.29 is 10.3 Å². The Hall–Kier alpha value is -1.06. The Morgan fingerprint density at radius 1 is 1.23 bits per heavy atom. The van der Waals surface area contributed by atoms with Gasteiger partial charge in [0.2, 0.25) is 0 Å². The largest absolute Gasteiger partial charge is 0.507 e. The SMILES string of the molecule is Cc1cc(C)c(CNO)c(C)c1O. The first-order chi connectivity index (χ1) is 6.07. The van der Waals surface area contributed by atoms with Crippen molar-refractivity contribution in [2.45, 2.75) is 27.3 Å². The van der Waals surface area contributed by atoms with Crippen molar-refractivity contribution in [2.24, 2.45) is 0 Å². The smallest absolute Gasteiger partial charge is 0.121 e. The van der Waals surface area contributed by atoms with Gasteiger partial charge in [0.1, 0.15) is 5.75 Å². The maximum Gasteiger partial charge on any atom is 0.121 e. The molecule has 0 aromatic heterocycles. The molecule has 0 spiro atoms. The number of nitrogens with one attached hydrogen (secondary N) is 1. The monoisotopic (exact) mass is 181 g/mol. The summed E-state index contributed by atoms with van der Waals surface area (Å²) in [6.45, 7) is 6.05. The molecular weight excluding hydrogens is 166 g/mol. The Balaban J connectivity index is 3.26. The van der Waals surface area contributed by atoms with E-state index in [4.69, 9.17) is 5.21 Å². The molecule has 0 heterocycles. The van der Waals surface area contributed by atoms with Crippen LogP contribution < -0.4 is 5.48 Å². The lowest BCUT2D eigenvalue weighted by molar-refractivity contribution is 0.161. The fraction of sp³-hybridized carbons (Fsp3) is 0.400. The molecule has 1 aromatic rings. The molecule has 3 N–H and O–H groups in total. The minimum atomic E-state index is 0.316. The van der Waals surface area contributed by atoms with Crippen molar-refractivity contribution in [3.8, 4) is 5.75 Å². The molecule has 1 rings (SSSR count). The molecule has 1 aromatic carbocycles. The number of rotatable bonds is 2. The molecular formula is C10H15NO2. The molecule has 0 saturated heterocycles. The summed E-state index contributed by atoms with van der Waals surface area (Å²) in [5, 5.41) is 18.2. The number of phenols is 1. The van der Waals surface area contributed by atoms with E-state index in [2.05, 4.69) is 5.48 Å². The summed E-state index contributed by atoms with van der Waals surface area (Å²) >= 11 is 0. The zero-order valence-corrected chi connectivity index (χ0v) is 8.18. The van der Waals surface area contributed by atoms with Gasteiger partial charge in [-0.05, 0) is 43.0 Å². The van der Waals surface area contributed by atoms with E-state index >= 15 is 0 Å². The summed E-state index contributed by atoms with van der Waals surface area (Å²) in [6, 6.07) is 1.91. The van der Waals surface area contributed by atoms with E-state index in [0.29, 0.717) is 12.3 Å². The Bertz CT molecular complexity index is 321. The Kier molecular flexibility index (Phi) is 2.90. The lowest BCUT2D eigenvalue weighted by atomic mass is 9.98. The second kappa shape index (κ2) is 3.77. The zero-order chi connectivity index (χ0) is 10.0. The van der Waals surface area contributed by atoms with E-state index in [0.717, 1.165) is 22.3 Å². The average Bonchev–Trinajstić information content (AvgIpc) is 2.09. The predicted molar refractivity (Wildman–Crippen MR) is 50.9 cm³/mol. The van der Waals surface area contributed by atoms with Crippen LogP contribution in [0.1, 0.15) is 22.3 Å². The van der Waals surface area contributed by atoms with Crippen LogP contribution in [0.5, 0.6) is 5.75 Å². The van der Waals surface area contributed by atoms with Gasteiger partial charge in [-0.2, -0.15) is 0 Å². The Morgan fingerprint density at radius 3 is 2.38 bits per heavy atom. The van der Waals surface area contributed by atoms with E-state index in [1.165, 1.54) is 0 Å². The van der Waals surface area contributed by atoms with Crippen molar-refractivity contribution in [2.75, 3.05) is 0 Å². The highest BCUT2D eigenvalue weighted by molar-refractivity contribution is 5.48. The number of aryl methyl sites for hydroxylation is 2. The van der Waals surface area contributed by atoms with E-state index in [-0.39, 0.29) is 0 Å². The first-order valence-electron chi connectivity index (χ1n) is 4.23. The van der Waals surface area contributed by atoms with Crippen LogP contribution >= 0.6 is 0 Å². The first kappa shape index (κ1) is 10.0. The van der Waals surface area contributed by atoms with Gasteiger partial charge in [-0.1, -0.05) is 6.07 Å². The minimum Gasteiger partial charge on any atom is -0.507 e. The van der Waals surface area contributed by atoms with Crippen LogP contribution in [0.15, 0.2) is 6.07 Å². The molecule has 3 heteroatoms. The van der Waals surface area contributed by atoms with Gasteiger partial charge in [-0.25, -0.2) is 5.48 Å². The van der Waals surface area contributed by atoms with Gasteiger partial charge in [-0.15, -0.1) is 0 Å². The molecule has 0 unspecified atom stereocenters. The van der Waals surface area contributed by atoms with Gasteiger partial charge in [0.15, 0.2) is 0 Å². The van der Waals surface area contributed by atoms with Crippen LogP contribution in [-0.2, 0) is 6.54 Å². The van der Waals surface area contributed by atoms with E-state index in [9.17, 15) is 5.11 Å². The summed E-state index contributed by atoms with van der Waals surface area (Å²) in [5.41, 5.74) is 5.83. The highest BCUT2D eigenvalue weighted by Crippen LogP contribution is 2.27. The molecule has 0 aliphatic carbocycles. The summed E-state index contributed by atoms with van der Waals surface area (Å²) in [6.07, 6.45) is 0. The third kappa shape index (κ3) is 1.82. The van der Waals surface area contributed by atoms with E-state index < -0.39 is 0 Å². The molecule has 3 nitrogen and oxygen atoms in total. The number of aromatic hydroxyl groups is 1. The fourth-order valence-electron chi connectivity index (χ4n) is 1.57. The van der Waals surface area contributed by atoms with Crippen LogP contribution in [0.25, 0.3) is 0 Å². The van der Waals surface area contributed by atoms with Gasteiger partial charge in [0.05, 0.1) is 0 Å². The molecule has 0 bridgehead atoms. The van der Waals surface area contributed by atoms with Crippen LogP contribution in [0.2, 0.25) is 0 Å². The molecule has 0 aliphatic rings. The number of hydrogen-bond acceptors (Lipinski definition) is 3. The summed E-state index contributed by atoms with van der Waals surface area (Å²) in [5.74, 6) is 0.316. The highest BCUT2D eigenvalue weighted by atomic mass is 16.5. The number of hydroxylamine groups is 1. The second-order valence-electron chi connectivity index (χ2n) is 3.30. The average molecular weight is 181 g/mol. The molecule has 13 heavy (non-hydrogen) atoms. The van der Waals surface area contributed by atoms with Gasteiger partial charge < -0.3 is 10.3 Å². The summed E-state index contributed by atoms with van der Waals surface area (Å²) < 4.78 is 0. The molecule has 0 amide bonds. The summed E-state index contributed by atoms with van der Waals surface area (Å²) in [4.78, 5) is 0. The van der Waals surface area contributed by atoms with E-state index in [1.807, 2.05) is 26.8 Å². The number of hydrogen-bond donors (Lipinski definition) is 3. The molecule has 0 saturated carbocycles. The van der Waals surface area contributed by atoms with Crippen LogP contribution in [0, 0.1) is 20.8 Å². The molecule has 0 radical (unpaired) electrons. The zero-order valence-electron chi connectivity index (χ0n) is 8.18. The third-order valence-corrected chi connectivity index (χ3v) is 2.35. The Labute approximate surface area is 78.0 Å². The Morgan fingerprint density at radius 2 is 1.85 bits per heavy atom. The maximum atomic E-state index is 9.63. The second-order valence-corrected chi connectivity index (χ2v) is 3.30. The molecule has 0 atom stereocenters. The lowest BCUT2D eigenvalue weighted by Crippen LogP contribution is -2.09. The van der Waals surface area contributed by atoms with Crippen LogP contribution in [0.4, 0.5) is 0 Å². The molecule has 0 aliphatic heterocycles. The van der Waals surface area contributed by atoms with Crippen molar-refractivity contribution in [3.05, 3.63) is 28.3 Å². The van der Waals surface area contributed by atoms with Gasteiger partial charge >= 0.3 is 0 Å². The predicted octanol–water partition coefficient (Wildman–Crippen LogP) is 1.80. The number of benzene rings is 1. The van der Waals surface area contributed by atoms with Gasteiger partial charge in [-0.3, -0.25) is 0 Å². The topological polar surface area (TPSA) is 52.5 Å². The normalized spacial score (nSPS) is 10.5. The van der Waals surface area contributed by atoms with Crippen molar-refractivity contribution in [1.82, 2.24) is 5.48 Å². The minimum absolute atomic E-state index is 0.316. The maximum absolute atomic E-state index is 9.63. The molecule has 0 fully saturated rings. The van der Waals surface area contributed by atoms with Crippen molar-refractivity contribution >= 4 is 0 Å². The first-order valence-corrected chi connectivity index (χ1v) is 4.23. The fourth-order valence-corrected chi connectivity index (χ4v) is 1.57. The third-order valence-electron chi connectivity index (χ3n) is 2.35. The van der Waals surface area contributed by atoms with Crippen LogP contribution in [0.3, 0.4) is 0 Å². The highest BCUT2D eigenvalue weighted by Gasteiger charge is 2.08. The van der Waals surface area contributed by atoms with Crippen molar-refractivity contribution in [3.63, 3.8) is 0 Å². The standard InChI is InChI=1S/C10H15NO2/c1-6-4-7(2)10(12)8(3)9(6)5-11-13/h4,11-13H,5H2,1-3H3. The van der Waals surface area contributed by atoms with Crippen LogP contribution in [-0.4, -0.2) is 10.3 Å². The van der Waals surface area contributed by atoms with Gasteiger partial charge in [0, 0.05) is 6.54 Å². The van der Waals surface area contributed by atoms with Gasteiger partial charge in [0.25, 0.3) is 0 Å². The quantitative estimate of drug-likeness (QED) is 0.610. The summed E-state index contributed by atoms with van der Waals surface area (Å²) in [7, 11) is 0. The number of phenolic OH excluding ortho intramolecular Hbond substituents is 1. The van der Waals surface area contributed by atoms with Crippen molar-refractivity contribution in [1.29, 1.82) is 0 Å². The molecule has 72 valence electrons. The lowest BCUT2D eigenvalue weighted by Gasteiger charge is -2.12.